The summed E-state index contributed by atoms with van der Waals surface area (Å²) in [5, 5.41) is 7.41. The average Bonchev–Trinajstić information content (AvgIpc) is 2.46. The number of methoxy groups -OCH3 is 1. The number of hydrogen-bond acceptors (Lipinski definition) is 6. The van der Waals surface area contributed by atoms with Gasteiger partial charge in [0.15, 0.2) is 0 Å². The highest BCUT2D eigenvalue weighted by atomic mass is 16.6. The van der Waals surface area contributed by atoms with E-state index >= 15 is 0 Å². The minimum absolute atomic E-state index is 0.162. The van der Waals surface area contributed by atoms with Gasteiger partial charge in [-0.15, -0.1) is 0 Å². The predicted octanol–water partition coefficient (Wildman–Crippen LogP) is -0.139. The third-order valence-corrected chi connectivity index (χ3v) is 2.42. The molecule has 0 saturated carbocycles. The second-order valence-electron chi connectivity index (χ2n) is 5.81. The Bertz CT molecular complexity index is 496. The number of amides is 3. The highest BCUT2D eigenvalue weighted by Crippen LogP contribution is 2.06. The largest absolute Gasteiger partial charge is 0.466 e. The Balaban J connectivity index is 4.01. The third-order valence-electron chi connectivity index (χ3n) is 2.42. The van der Waals surface area contributed by atoms with Crippen molar-refractivity contribution in [2.45, 2.75) is 39.3 Å². The molecule has 0 aromatic rings. The van der Waals surface area contributed by atoms with E-state index in [0.717, 1.165) is 12.2 Å². The van der Waals surface area contributed by atoms with Crippen LogP contribution in [0.2, 0.25) is 0 Å². The molecular weight excluding hydrogens is 318 g/mol. The molecule has 1 unspecified atom stereocenters. The number of esters is 1. The van der Waals surface area contributed by atoms with Crippen molar-refractivity contribution in [2.75, 3.05) is 20.2 Å². The van der Waals surface area contributed by atoms with E-state index in [9.17, 15) is 19.2 Å². The quantitative estimate of drug-likeness (QED) is 0.336. The van der Waals surface area contributed by atoms with Gasteiger partial charge in [0.1, 0.15) is 11.6 Å². The number of alkyl carbamates (subject to hydrolysis) is 1. The first kappa shape index (κ1) is 21.4. The lowest BCUT2D eigenvalue weighted by atomic mass is 10.2. The molecule has 0 heterocycles. The van der Waals surface area contributed by atoms with Gasteiger partial charge >= 0.3 is 12.1 Å². The zero-order chi connectivity index (χ0) is 18.8. The van der Waals surface area contributed by atoms with Crippen molar-refractivity contribution in [3.05, 3.63) is 12.2 Å². The molecule has 9 heteroatoms. The van der Waals surface area contributed by atoms with Gasteiger partial charge in [-0.1, -0.05) is 0 Å². The second-order valence-corrected chi connectivity index (χ2v) is 5.81. The lowest BCUT2D eigenvalue weighted by Gasteiger charge is -2.21. The molecule has 0 rings (SSSR count). The molecule has 0 aromatic heterocycles. The van der Waals surface area contributed by atoms with Crippen LogP contribution >= 0.6 is 0 Å². The summed E-state index contributed by atoms with van der Waals surface area (Å²) < 4.78 is 9.38. The van der Waals surface area contributed by atoms with Crippen molar-refractivity contribution in [1.29, 1.82) is 0 Å². The molecule has 0 aliphatic rings. The monoisotopic (exact) mass is 343 g/mol. The van der Waals surface area contributed by atoms with Gasteiger partial charge in [-0.05, 0) is 27.7 Å². The number of hydrogen-bond donors (Lipinski definition) is 3. The van der Waals surface area contributed by atoms with Crippen molar-refractivity contribution in [3.63, 3.8) is 0 Å². The molecule has 24 heavy (non-hydrogen) atoms. The summed E-state index contributed by atoms with van der Waals surface area (Å²) in [6.07, 6.45) is 1.33. The summed E-state index contributed by atoms with van der Waals surface area (Å²) in [7, 11) is 1.20. The van der Waals surface area contributed by atoms with E-state index in [1.165, 1.54) is 14.0 Å². The maximum absolute atomic E-state index is 11.8. The van der Waals surface area contributed by atoms with Crippen molar-refractivity contribution in [1.82, 2.24) is 16.0 Å². The lowest BCUT2D eigenvalue weighted by Crippen LogP contribution is -2.47. The zero-order valence-electron chi connectivity index (χ0n) is 14.6. The summed E-state index contributed by atoms with van der Waals surface area (Å²) in [6.45, 7) is 6.99. The van der Waals surface area contributed by atoms with Crippen molar-refractivity contribution in [3.8, 4) is 0 Å². The molecule has 3 N–H and O–H groups in total. The van der Waals surface area contributed by atoms with Crippen LogP contribution < -0.4 is 16.0 Å². The van der Waals surface area contributed by atoms with Crippen LogP contribution in [0.5, 0.6) is 0 Å². The fourth-order valence-corrected chi connectivity index (χ4v) is 1.35. The second kappa shape index (κ2) is 10.2. The summed E-state index contributed by atoms with van der Waals surface area (Å²) in [4.78, 5) is 45.4. The summed E-state index contributed by atoms with van der Waals surface area (Å²) >= 11 is 0. The van der Waals surface area contributed by atoms with Crippen LogP contribution in [0.15, 0.2) is 12.2 Å². The van der Waals surface area contributed by atoms with E-state index in [1.54, 1.807) is 20.8 Å². The van der Waals surface area contributed by atoms with Crippen LogP contribution in [-0.4, -0.2) is 55.7 Å². The van der Waals surface area contributed by atoms with Gasteiger partial charge in [-0.2, -0.15) is 0 Å². The number of ether oxygens (including phenoxy) is 2. The SMILES string of the molecule is COC(=O)C=CC(=O)NCCNC(=O)C(C)NC(=O)OC(C)(C)C. The topological polar surface area (TPSA) is 123 Å². The Morgan fingerprint density at radius 1 is 1.04 bits per heavy atom. The minimum Gasteiger partial charge on any atom is -0.466 e. The first-order valence-electron chi connectivity index (χ1n) is 7.36. The van der Waals surface area contributed by atoms with Gasteiger partial charge in [0.2, 0.25) is 11.8 Å². The molecule has 0 radical (unpaired) electrons. The first-order chi connectivity index (χ1) is 11.0. The molecule has 0 fully saturated rings. The van der Waals surface area contributed by atoms with Crippen molar-refractivity contribution >= 4 is 23.9 Å². The number of rotatable bonds is 7. The summed E-state index contributed by atoms with van der Waals surface area (Å²) in [6, 6.07) is -0.783. The molecule has 0 aromatic carbocycles. The first-order valence-corrected chi connectivity index (χ1v) is 7.36. The van der Waals surface area contributed by atoms with E-state index < -0.39 is 35.5 Å². The average molecular weight is 343 g/mol. The zero-order valence-corrected chi connectivity index (χ0v) is 14.6. The molecule has 136 valence electrons. The van der Waals surface area contributed by atoms with Crippen LogP contribution in [0.4, 0.5) is 4.79 Å². The fourth-order valence-electron chi connectivity index (χ4n) is 1.35. The van der Waals surface area contributed by atoms with Crippen molar-refractivity contribution < 1.29 is 28.7 Å². The van der Waals surface area contributed by atoms with Crippen LogP contribution in [0.25, 0.3) is 0 Å². The Labute approximate surface area is 141 Å². The van der Waals surface area contributed by atoms with Gasteiger partial charge in [-0.3, -0.25) is 9.59 Å². The molecule has 3 amide bonds. The van der Waals surface area contributed by atoms with Gasteiger partial charge in [0, 0.05) is 25.2 Å². The maximum Gasteiger partial charge on any atom is 0.408 e. The number of carbonyl (C=O) groups excluding carboxylic acids is 4. The highest BCUT2D eigenvalue weighted by Gasteiger charge is 2.20. The lowest BCUT2D eigenvalue weighted by molar-refractivity contribution is -0.135. The normalized spacial score (nSPS) is 12.2. The minimum atomic E-state index is -0.783. The van der Waals surface area contributed by atoms with E-state index in [4.69, 9.17) is 4.74 Å². The van der Waals surface area contributed by atoms with E-state index in [2.05, 4.69) is 20.7 Å². The molecular formula is C15H25N3O6. The molecule has 9 nitrogen and oxygen atoms in total. The van der Waals surface area contributed by atoms with Gasteiger partial charge < -0.3 is 25.4 Å². The fraction of sp³-hybridized carbons (Fsp3) is 0.600. The third kappa shape index (κ3) is 11.0. The Kier molecular flexibility index (Phi) is 9.14. The van der Waals surface area contributed by atoms with E-state index in [0.29, 0.717) is 0 Å². The predicted molar refractivity (Wildman–Crippen MR) is 86.0 cm³/mol. The summed E-state index contributed by atoms with van der Waals surface area (Å²) in [5.74, 6) is -1.55. The number of carbonyl (C=O) groups is 4. The number of nitrogens with one attached hydrogen (secondary N) is 3. The summed E-state index contributed by atoms with van der Waals surface area (Å²) in [5.41, 5.74) is -0.651. The maximum atomic E-state index is 11.8. The van der Waals surface area contributed by atoms with E-state index in [1.807, 2.05) is 0 Å². The molecule has 0 aliphatic carbocycles. The van der Waals surface area contributed by atoms with Crippen LogP contribution in [0.3, 0.4) is 0 Å². The standard InChI is InChI=1S/C15H25N3O6/c1-10(18-14(22)24-15(2,3)4)13(21)17-9-8-16-11(19)6-7-12(20)23-5/h6-7,10H,8-9H2,1-5H3,(H,16,19)(H,17,21)(H,18,22). The molecule has 0 aliphatic heterocycles. The highest BCUT2D eigenvalue weighted by molar-refractivity contribution is 5.94. The van der Waals surface area contributed by atoms with Crippen LogP contribution in [0.1, 0.15) is 27.7 Å². The van der Waals surface area contributed by atoms with Crippen molar-refractivity contribution in [2.24, 2.45) is 0 Å². The molecule has 1 atom stereocenters. The van der Waals surface area contributed by atoms with Gasteiger partial charge in [0.05, 0.1) is 7.11 Å². The van der Waals surface area contributed by atoms with Crippen LogP contribution in [-0.2, 0) is 23.9 Å². The Morgan fingerprint density at radius 2 is 1.62 bits per heavy atom. The smallest absolute Gasteiger partial charge is 0.408 e. The van der Waals surface area contributed by atoms with Gasteiger partial charge in [-0.25, -0.2) is 9.59 Å². The molecule has 0 spiro atoms. The van der Waals surface area contributed by atoms with E-state index in [-0.39, 0.29) is 13.1 Å². The van der Waals surface area contributed by atoms with Gasteiger partial charge in [0.25, 0.3) is 0 Å². The molecule has 0 bridgehead atoms. The Hall–Kier alpha value is -2.58. The Morgan fingerprint density at radius 3 is 2.17 bits per heavy atom. The molecule has 0 saturated heterocycles. The van der Waals surface area contributed by atoms with Crippen LogP contribution in [0, 0.1) is 0 Å².